The van der Waals surface area contributed by atoms with Crippen LogP contribution < -0.4 is 10.9 Å². The van der Waals surface area contributed by atoms with E-state index in [9.17, 15) is 27.2 Å². The Morgan fingerprint density at radius 2 is 2.04 bits per heavy atom. The van der Waals surface area contributed by atoms with E-state index >= 15 is 0 Å². The molecule has 0 bridgehead atoms. The van der Waals surface area contributed by atoms with E-state index in [0.29, 0.717) is 27.7 Å². The average molecular weight is 412 g/mol. The number of hydrogen-bond acceptors (Lipinski definition) is 5. The van der Waals surface area contributed by atoms with Gasteiger partial charge in [0.05, 0.1) is 15.9 Å². The molecule has 1 aliphatic carbocycles. The Hall–Kier alpha value is -2.82. The highest BCUT2D eigenvalue weighted by atomic mass is 32.1. The zero-order valence-corrected chi connectivity index (χ0v) is 14.9. The van der Waals surface area contributed by atoms with Gasteiger partial charge in [0.25, 0.3) is 5.56 Å². The number of nitrogens with zero attached hydrogens (tertiary/aromatic N) is 3. The third-order valence-electron chi connectivity index (χ3n) is 4.18. The summed E-state index contributed by atoms with van der Waals surface area (Å²) in [4.78, 5) is 28.5. The van der Waals surface area contributed by atoms with Gasteiger partial charge in [0.2, 0.25) is 5.91 Å². The largest absolute Gasteiger partial charge is 0.421 e. The van der Waals surface area contributed by atoms with E-state index in [4.69, 9.17) is 0 Å². The summed E-state index contributed by atoms with van der Waals surface area (Å²) in [5.74, 6) is -1.34. The van der Waals surface area contributed by atoms with E-state index < -0.39 is 35.6 Å². The summed E-state index contributed by atoms with van der Waals surface area (Å²) in [7, 11) is 0. The van der Waals surface area contributed by atoms with Crippen molar-refractivity contribution in [2.24, 2.45) is 0 Å². The number of rotatable bonds is 4. The molecular formula is C17H12F4N4O2S. The van der Waals surface area contributed by atoms with Crippen LogP contribution in [0, 0.1) is 5.82 Å². The number of amides is 1. The fourth-order valence-corrected chi connectivity index (χ4v) is 3.60. The Labute approximate surface area is 158 Å². The summed E-state index contributed by atoms with van der Waals surface area (Å²) in [5, 5.41) is 6.48. The van der Waals surface area contributed by atoms with Crippen molar-refractivity contribution in [1.82, 2.24) is 14.8 Å². The summed E-state index contributed by atoms with van der Waals surface area (Å²) < 4.78 is 53.7. The number of carbonyl (C=O) groups excluding carboxylic acids is 1. The molecule has 2 aromatic heterocycles. The molecule has 4 rings (SSSR count). The zero-order valence-electron chi connectivity index (χ0n) is 14.1. The minimum atomic E-state index is -4.83. The molecule has 1 fully saturated rings. The number of halogens is 4. The Morgan fingerprint density at radius 3 is 2.71 bits per heavy atom. The smallest absolute Gasteiger partial charge is 0.300 e. The molecule has 0 saturated heterocycles. The predicted octanol–water partition coefficient (Wildman–Crippen LogP) is 3.53. The minimum absolute atomic E-state index is 0.129. The molecule has 1 saturated carbocycles. The molecule has 1 aromatic carbocycles. The Morgan fingerprint density at radius 1 is 1.29 bits per heavy atom. The van der Waals surface area contributed by atoms with Crippen molar-refractivity contribution in [3.8, 4) is 0 Å². The molecule has 28 heavy (non-hydrogen) atoms. The standard InChI is InChI=1S/C17H12F4N4O2S/c18-9-3-4-11-13(5-9)28-16(22-11)23-14(26)7-25-15(27)10(17(19,20)21)6-12(24-25)8-1-2-8/h3-6,8H,1-2,7H2,(H,22,23,26). The zero-order chi connectivity index (χ0) is 20.1. The van der Waals surface area contributed by atoms with Crippen molar-refractivity contribution < 1.29 is 22.4 Å². The maximum Gasteiger partial charge on any atom is 0.421 e. The first-order chi connectivity index (χ1) is 13.2. The first-order valence-corrected chi connectivity index (χ1v) is 9.07. The van der Waals surface area contributed by atoms with Gasteiger partial charge in [-0.15, -0.1) is 0 Å². The molecule has 0 atom stereocenters. The van der Waals surface area contributed by atoms with Crippen molar-refractivity contribution in [3.63, 3.8) is 0 Å². The summed E-state index contributed by atoms with van der Waals surface area (Å²) in [5.41, 5.74) is -2.10. The maximum atomic E-state index is 13.2. The summed E-state index contributed by atoms with van der Waals surface area (Å²) in [6.07, 6.45) is -3.45. The first kappa shape index (κ1) is 18.5. The van der Waals surface area contributed by atoms with Crippen LogP contribution in [0.3, 0.4) is 0 Å². The number of alkyl halides is 3. The van der Waals surface area contributed by atoms with Gasteiger partial charge in [0.1, 0.15) is 17.9 Å². The van der Waals surface area contributed by atoms with Crippen molar-refractivity contribution in [2.45, 2.75) is 31.5 Å². The fraction of sp³-hybridized carbons (Fsp3) is 0.294. The van der Waals surface area contributed by atoms with Gasteiger partial charge in [-0.1, -0.05) is 11.3 Å². The minimum Gasteiger partial charge on any atom is -0.300 e. The molecule has 0 aliphatic heterocycles. The van der Waals surface area contributed by atoms with Gasteiger partial charge < -0.3 is 5.32 Å². The molecule has 0 unspecified atom stereocenters. The SMILES string of the molecule is O=C(Cn1nc(C2CC2)cc(C(F)(F)F)c1=O)Nc1nc2ccc(F)cc2s1. The lowest BCUT2D eigenvalue weighted by Gasteiger charge is -2.12. The van der Waals surface area contributed by atoms with Crippen LogP contribution in [0.25, 0.3) is 10.2 Å². The van der Waals surface area contributed by atoms with Gasteiger partial charge >= 0.3 is 6.18 Å². The van der Waals surface area contributed by atoms with Crippen LogP contribution in [0.1, 0.15) is 30.0 Å². The molecule has 146 valence electrons. The molecule has 0 radical (unpaired) electrons. The number of hydrogen-bond donors (Lipinski definition) is 1. The molecule has 1 N–H and O–H groups in total. The highest BCUT2D eigenvalue weighted by Gasteiger charge is 2.37. The lowest BCUT2D eigenvalue weighted by molar-refractivity contribution is -0.139. The van der Waals surface area contributed by atoms with Gasteiger partial charge in [-0.25, -0.2) is 14.1 Å². The highest BCUT2D eigenvalue weighted by molar-refractivity contribution is 7.22. The quantitative estimate of drug-likeness (QED) is 0.666. The van der Waals surface area contributed by atoms with Crippen molar-refractivity contribution in [1.29, 1.82) is 0 Å². The molecule has 11 heteroatoms. The first-order valence-electron chi connectivity index (χ1n) is 8.26. The summed E-state index contributed by atoms with van der Waals surface area (Å²) in [6, 6.07) is 4.68. The van der Waals surface area contributed by atoms with Gasteiger partial charge in [-0.3, -0.25) is 9.59 Å². The topological polar surface area (TPSA) is 76.9 Å². The predicted molar refractivity (Wildman–Crippen MR) is 93.7 cm³/mol. The molecule has 6 nitrogen and oxygen atoms in total. The Bertz CT molecular complexity index is 1130. The summed E-state index contributed by atoms with van der Waals surface area (Å²) >= 11 is 1.01. The van der Waals surface area contributed by atoms with Crippen LogP contribution in [0.15, 0.2) is 29.1 Å². The normalized spacial score (nSPS) is 14.4. The number of fused-ring (bicyclic) bond motifs is 1. The number of nitrogens with one attached hydrogen (secondary N) is 1. The van der Waals surface area contributed by atoms with E-state index in [-0.39, 0.29) is 16.7 Å². The number of aromatic nitrogens is 3. The summed E-state index contributed by atoms with van der Waals surface area (Å²) in [6.45, 7) is -0.688. The van der Waals surface area contributed by atoms with Gasteiger partial charge in [-0.05, 0) is 37.1 Å². The van der Waals surface area contributed by atoms with Gasteiger partial charge in [0, 0.05) is 5.92 Å². The van der Waals surface area contributed by atoms with Gasteiger partial charge in [0.15, 0.2) is 5.13 Å². The molecular weight excluding hydrogens is 400 g/mol. The Balaban J connectivity index is 1.59. The highest BCUT2D eigenvalue weighted by Crippen LogP contribution is 2.40. The monoisotopic (exact) mass is 412 g/mol. The van der Waals surface area contributed by atoms with E-state index in [0.717, 1.165) is 17.4 Å². The average Bonchev–Trinajstić information content (AvgIpc) is 3.36. The van der Waals surface area contributed by atoms with Crippen LogP contribution >= 0.6 is 11.3 Å². The van der Waals surface area contributed by atoms with Crippen molar-refractivity contribution in [2.75, 3.05) is 5.32 Å². The third kappa shape index (κ3) is 3.75. The van der Waals surface area contributed by atoms with E-state index in [1.807, 2.05) is 0 Å². The van der Waals surface area contributed by atoms with Crippen LogP contribution in [0.5, 0.6) is 0 Å². The third-order valence-corrected chi connectivity index (χ3v) is 5.12. The second-order valence-electron chi connectivity index (χ2n) is 6.40. The van der Waals surface area contributed by atoms with Crippen LogP contribution in [-0.4, -0.2) is 20.7 Å². The number of anilines is 1. The second kappa shape index (κ2) is 6.66. The fourth-order valence-electron chi connectivity index (χ4n) is 2.70. The molecule has 2 heterocycles. The van der Waals surface area contributed by atoms with Gasteiger partial charge in [-0.2, -0.15) is 18.3 Å². The van der Waals surface area contributed by atoms with E-state index in [2.05, 4.69) is 15.4 Å². The van der Waals surface area contributed by atoms with Crippen LogP contribution in [0.4, 0.5) is 22.7 Å². The maximum absolute atomic E-state index is 13.2. The lowest BCUT2D eigenvalue weighted by Crippen LogP contribution is -2.35. The number of benzene rings is 1. The molecule has 1 aliphatic rings. The van der Waals surface area contributed by atoms with E-state index in [1.165, 1.54) is 18.2 Å². The van der Waals surface area contributed by atoms with Crippen molar-refractivity contribution in [3.05, 3.63) is 51.7 Å². The lowest BCUT2D eigenvalue weighted by atomic mass is 10.2. The van der Waals surface area contributed by atoms with E-state index in [1.54, 1.807) is 0 Å². The number of thiazole rings is 1. The molecule has 1 amide bonds. The Kier molecular flexibility index (Phi) is 4.41. The molecule has 3 aromatic rings. The molecule has 0 spiro atoms. The van der Waals surface area contributed by atoms with Crippen LogP contribution in [0.2, 0.25) is 0 Å². The van der Waals surface area contributed by atoms with Crippen LogP contribution in [-0.2, 0) is 17.5 Å². The van der Waals surface area contributed by atoms with Crippen molar-refractivity contribution >= 4 is 32.6 Å². The number of carbonyl (C=O) groups is 1. The second-order valence-corrected chi connectivity index (χ2v) is 7.43.